The lowest BCUT2D eigenvalue weighted by Gasteiger charge is -2.31. The number of hydrogen-bond donors (Lipinski definition) is 1. The highest BCUT2D eigenvalue weighted by atomic mass is 32.2. The van der Waals surface area contributed by atoms with Gasteiger partial charge in [0.1, 0.15) is 0 Å². The summed E-state index contributed by atoms with van der Waals surface area (Å²) in [5.74, 6) is -0.0890. The summed E-state index contributed by atoms with van der Waals surface area (Å²) in [6, 6.07) is 7.65. The average molecular weight is 433 g/mol. The number of nitrogens with one attached hydrogen (secondary N) is 1. The zero-order chi connectivity index (χ0) is 20.4. The van der Waals surface area contributed by atoms with Crippen molar-refractivity contribution in [2.24, 2.45) is 5.92 Å². The van der Waals surface area contributed by atoms with Gasteiger partial charge in [-0.25, -0.2) is 8.42 Å². The zero-order valence-corrected chi connectivity index (χ0v) is 18.4. The van der Waals surface area contributed by atoms with Crippen molar-refractivity contribution in [2.75, 3.05) is 13.1 Å². The first kappa shape index (κ1) is 20.6. The summed E-state index contributed by atoms with van der Waals surface area (Å²) in [6.07, 6.45) is 5.45. The van der Waals surface area contributed by atoms with Crippen molar-refractivity contribution in [3.8, 4) is 0 Å². The molecule has 4 rings (SSSR count). The number of piperidine rings is 1. The first-order chi connectivity index (χ1) is 13.9. The van der Waals surface area contributed by atoms with Gasteiger partial charge in [-0.2, -0.15) is 4.31 Å². The number of carbonyl (C=O) groups is 1. The highest BCUT2D eigenvalue weighted by molar-refractivity contribution is 7.89. The van der Waals surface area contributed by atoms with Crippen molar-refractivity contribution >= 4 is 27.3 Å². The van der Waals surface area contributed by atoms with E-state index in [0.717, 1.165) is 19.3 Å². The molecule has 2 heterocycles. The minimum atomic E-state index is -3.49. The lowest BCUT2D eigenvalue weighted by Crippen LogP contribution is -2.42. The average Bonchev–Trinajstić information content (AvgIpc) is 3.16. The van der Waals surface area contributed by atoms with Crippen molar-refractivity contribution in [1.29, 1.82) is 0 Å². The van der Waals surface area contributed by atoms with Gasteiger partial charge in [0.05, 0.1) is 11.4 Å². The predicted molar refractivity (Wildman–Crippen MR) is 115 cm³/mol. The van der Waals surface area contributed by atoms with Gasteiger partial charge in [-0.3, -0.25) is 4.79 Å². The van der Waals surface area contributed by atoms with E-state index in [4.69, 9.17) is 0 Å². The van der Waals surface area contributed by atoms with Crippen LogP contribution in [0.15, 0.2) is 34.5 Å². The summed E-state index contributed by atoms with van der Waals surface area (Å²) in [6.45, 7) is 3.39. The van der Waals surface area contributed by atoms with Crippen LogP contribution < -0.4 is 5.32 Å². The van der Waals surface area contributed by atoms with Crippen LogP contribution in [0.2, 0.25) is 0 Å². The monoisotopic (exact) mass is 432 g/mol. The second-order valence-corrected chi connectivity index (χ2v) is 11.0. The van der Waals surface area contributed by atoms with Crippen LogP contribution in [0.4, 0.5) is 0 Å². The molecule has 1 aliphatic carbocycles. The summed E-state index contributed by atoms with van der Waals surface area (Å²) < 4.78 is 27.7. The predicted octanol–water partition coefficient (Wildman–Crippen LogP) is 3.65. The highest BCUT2D eigenvalue weighted by Crippen LogP contribution is 2.28. The lowest BCUT2D eigenvalue weighted by atomic mass is 9.92. The number of hydrogen-bond acceptors (Lipinski definition) is 4. The Morgan fingerprint density at radius 2 is 1.86 bits per heavy atom. The lowest BCUT2D eigenvalue weighted by molar-refractivity contribution is -0.126. The topological polar surface area (TPSA) is 66.5 Å². The second kappa shape index (κ2) is 8.58. The van der Waals surface area contributed by atoms with Gasteiger partial charge < -0.3 is 5.32 Å². The van der Waals surface area contributed by atoms with Crippen LogP contribution in [-0.4, -0.2) is 31.7 Å². The van der Waals surface area contributed by atoms with E-state index in [1.807, 2.05) is 24.4 Å². The Labute approximate surface area is 177 Å². The van der Waals surface area contributed by atoms with Crippen molar-refractivity contribution < 1.29 is 13.2 Å². The van der Waals surface area contributed by atoms with E-state index in [2.05, 4.69) is 11.4 Å². The molecule has 2 aromatic rings. The Morgan fingerprint density at radius 1 is 1.14 bits per heavy atom. The Hall–Kier alpha value is -1.70. The first-order valence-corrected chi connectivity index (χ1v) is 12.7. The SMILES string of the molecule is Cc1ccsc1CNC(=O)C1CCN(S(=O)(=O)c2ccc3c(c2)CCCC3)CC1. The van der Waals surface area contributed by atoms with Gasteiger partial charge in [-0.05, 0) is 85.7 Å². The molecule has 1 N–H and O–H groups in total. The molecule has 0 bridgehead atoms. The number of fused-ring (bicyclic) bond motifs is 1. The maximum absolute atomic E-state index is 13.1. The summed E-state index contributed by atoms with van der Waals surface area (Å²) >= 11 is 1.65. The van der Waals surface area contributed by atoms with E-state index in [0.29, 0.717) is 37.4 Å². The van der Waals surface area contributed by atoms with E-state index < -0.39 is 10.0 Å². The molecule has 1 fully saturated rings. The summed E-state index contributed by atoms with van der Waals surface area (Å²) in [5, 5.41) is 5.05. The number of aryl methyl sites for hydroxylation is 3. The second-order valence-electron chi connectivity index (χ2n) is 8.06. The molecule has 1 aromatic carbocycles. The molecule has 0 spiro atoms. The molecule has 7 heteroatoms. The Morgan fingerprint density at radius 3 is 2.55 bits per heavy atom. The largest absolute Gasteiger partial charge is 0.351 e. The zero-order valence-electron chi connectivity index (χ0n) is 16.8. The molecular formula is C22H28N2O3S2. The number of sulfonamides is 1. The Balaban J connectivity index is 1.36. The van der Waals surface area contributed by atoms with Gasteiger partial charge in [-0.15, -0.1) is 11.3 Å². The van der Waals surface area contributed by atoms with E-state index >= 15 is 0 Å². The van der Waals surface area contributed by atoms with Crippen molar-refractivity contribution in [1.82, 2.24) is 9.62 Å². The fourth-order valence-electron chi connectivity index (χ4n) is 4.27. The molecule has 2 aliphatic rings. The number of carbonyl (C=O) groups excluding carboxylic acids is 1. The summed E-state index contributed by atoms with van der Waals surface area (Å²) in [7, 11) is -3.49. The Kier molecular flexibility index (Phi) is 6.08. The third-order valence-corrected chi connectivity index (χ3v) is 9.09. The van der Waals surface area contributed by atoms with E-state index in [1.165, 1.54) is 28.0 Å². The van der Waals surface area contributed by atoms with Gasteiger partial charge in [0, 0.05) is 23.9 Å². The number of rotatable bonds is 5. The fourth-order valence-corrected chi connectivity index (χ4v) is 6.64. The molecule has 0 atom stereocenters. The van der Waals surface area contributed by atoms with Crippen molar-refractivity contribution in [3.63, 3.8) is 0 Å². The maximum Gasteiger partial charge on any atom is 0.243 e. The molecule has 0 unspecified atom stereocenters. The normalized spacial score (nSPS) is 18.4. The minimum absolute atomic E-state index is 0.0311. The van der Waals surface area contributed by atoms with Crippen LogP contribution in [0, 0.1) is 12.8 Å². The Bertz CT molecular complexity index is 989. The van der Waals surface area contributed by atoms with Gasteiger partial charge in [0.25, 0.3) is 0 Å². The van der Waals surface area contributed by atoms with Crippen LogP contribution in [0.25, 0.3) is 0 Å². The van der Waals surface area contributed by atoms with Gasteiger partial charge in [0.15, 0.2) is 0 Å². The van der Waals surface area contributed by atoms with Crippen LogP contribution in [0.3, 0.4) is 0 Å². The number of benzene rings is 1. The third kappa shape index (κ3) is 4.42. The molecule has 1 amide bonds. The smallest absolute Gasteiger partial charge is 0.243 e. The molecular weight excluding hydrogens is 404 g/mol. The van der Waals surface area contributed by atoms with Crippen LogP contribution in [0.1, 0.15) is 47.3 Å². The van der Waals surface area contributed by atoms with Crippen LogP contribution in [0.5, 0.6) is 0 Å². The fraction of sp³-hybridized carbons (Fsp3) is 0.500. The summed E-state index contributed by atoms with van der Waals surface area (Å²) in [5.41, 5.74) is 3.66. The van der Waals surface area contributed by atoms with Crippen LogP contribution >= 0.6 is 11.3 Å². The van der Waals surface area contributed by atoms with E-state index in [1.54, 1.807) is 21.7 Å². The molecule has 0 radical (unpaired) electrons. The third-order valence-electron chi connectivity index (χ3n) is 6.17. The van der Waals surface area contributed by atoms with Crippen molar-refractivity contribution in [2.45, 2.75) is 56.9 Å². The molecule has 156 valence electrons. The quantitative estimate of drug-likeness (QED) is 0.784. The van der Waals surface area contributed by atoms with Crippen LogP contribution in [-0.2, 0) is 34.2 Å². The number of amides is 1. The molecule has 1 aliphatic heterocycles. The first-order valence-electron chi connectivity index (χ1n) is 10.4. The molecule has 29 heavy (non-hydrogen) atoms. The van der Waals surface area contributed by atoms with E-state index in [-0.39, 0.29) is 11.8 Å². The molecule has 0 saturated carbocycles. The molecule has 1 saturated heterocycles. The van der Waals surface area contributed by atoms with E-state index in [9.17, 15) is 13.2 Å². The molecule has 5 nitrogen and oxygen atoms in total. The number of nitrogens with zero attached hydrogens (tertiary/aromatic N) is 1. The van der Waals surface area contributed by atoms with Gasteiger partial charge >= 0.3 is 0 Å². The van der Waals surface area contributed by atoms with Crippen molar-refractivity contribution in [3.05, 3.63) is 51.2 Å². The maximum atomic E-state index is 13.1. The minimum Gasteiger partial charge on any atom is -0.351 e. The molecule has 1 aromatic heterocycles. The highest BCUT2D eigenvalue weighted by Gasteiger charge is 2.32. The standard InChI is InChI=1S/C22H28N2O3S2/c1-16-10-13-28-21(16)15-23-22(25)18-8-11-24(12-9-18)29(26,27)20-7-6-17-4-2-3-5-19(17)14-20/h6-7,10,13-14,18H,2-5,8-9,11-12,15H2,1H3,(H,23,25). The van der Waals surface area contributed by atoms with Gasteiger partial charge in [-0.1, -0.05) is 6.07 Å². The summed E-state index contributed by atoms with van der Waals surface area (Å²) in [4.78, 5) is 14.1. The number of thiophene rings is 1. The van der Waals surface area contributed by atoms with Gasteiger partial charge in [0.2, 0.25) is 15.9 Å².